The zero-order chi connectivity index (χ0) is 8.10. The first-order valence-corrected chi connectivity index (χ1v) is 4.53. The summed E-state index contributed by atoms with van der Waals surface area (Å²) >= 11 is 1.77. The Morgan fingerprint density at radius 2 is 2.64 bits per heavy atom. The Kier molecular flexibility index (Phi) is 3.72. The maximum Gasteiger partial charge on any atom is 0.129 e. The predicted molar refractivity (Wildman–Crippen MR) is 46.9 cm³/mol. The monoisotopic (exact) mass is 175 g/mol. The van der Waals surface area contributed by atoms with E-state index in [1.165, 1.54) is 0 Å². The van der Waals surface area contributed by atoms with Crippen molar-refractivity contribution in [2.75, 3.05) is 20.3 Å². The van der Waals surface area contributed by atoms with Crippen molar-refractivity contribution in [2.24, 2.45) is 5.16 Å². The third kappa shape index (κ3) is 3.12. The second kappa shape index (κ2) is 4.62. The van der Waals surface area contributed by atoms with Crippen LogP contribution in [-0.2, 0) is 9.57 Å². The van der Waals surface area contributed by atoms with Gasteiger partial charge in [0.25, 0.3) is 0 Å². The highest BCUT2D eigenvalue weighted by Gasteiger charge is 2.15. The van der Waals surface area contributed by atoms with Crippen LogP contribution in [-0.4, -0.2) is 30.6 Å². The molecule has 3 nitrogen and oxygen atoms in total. The van der Waals surface area contributed by atoms with E-state index in [9.17, 15) is 0 Å². The van der Waals surface area contributed by atoms with Crippen LogP contribution in [0.3, 0.4) is 0 Å². The largest absolute Gasteiger partial charge is 0.394 e. The first kappa shape index (κ1) is 8.87. The number of nitrogens with zero attached hydrogens (tertiary/aromatic N) is 1. The van der Waals surface area contributed by atoms with Gasteiger partial charge in [0.2, 0.25) is 0 Å². The van der Waals surface area contributed by atoms with E-state index in [1.807, 2.05) is 6.92 Å². The highest BCUT2D eigenvalue weighted by atomic mass is 32.2. The van der Waals surface area contributed by atoms with Crippen LogP contribution in [0.15, 0.2) is 5.16 Å². The van der Waals surface area contributed by atoms with Crippen molar-refractivity contribution in [2.45, 2.75) is 18.6 Å². The van der Waals surface area contributed by atoms with Crippen molar-refractivity contribution in [3.8, 4) is 0 Å². The summed E-state index contributed by atoms with van der Waals surface area (Å²) in [5.41, 5.74) is 0. The Morgan fingerprint density at radius 3 is 3.27 bits per heavy atom. The molecule has 1 aliphatic rings. The van der Waals surface area contributed by atoms with E-state index in [0.29, 0.717) is 11.9 Å². The SMILES string of the molecule is COCCC1CON=C(C)S1. The van der Waals surface area contributed by atoms with Gasteiger partial charge in [-0.25, -0.2) is 0 Å². The molecular weight excluding hydrogens is 162 g/mol. The van der Waals surface area contributed by atoms with Crippen LogP contribution in [0.5, 0.6) is 0 Å². The summed E-state index contributed by atoms with van der Waals surface area (Å²) < 4.78 is 4.97. The normalized spacial score (nSPS) is 24.2. The maximum atomic E-state index is 5.00. The van der Waals surface area contributed by atoms with Gasteiger partial charge in [0.15, 0.2) is 0 Å². The smallest absolute Gasteiger partial charge is 0.129 e. The van der Waals surface area contributed by atoms with Crippen LogP contribution < -0.4 is 0 Å². The summed E-state index contributed by atoms with van der Waals surface area (Å²) in [7, 11) is 1.72. The maximum absolute atomic E-state index is 5.00. The minimum absolute atomic E-state index is 0.521. The molecule has 0 fully saturated rings. The van der Waals surface area contributed by atoms with Crippen LogP contribution in [0.4, 0.5) is 0 Å². The van der Waals surface area contributed by atoms with Gasteiger partial charge in [0, 0.05) is 19.0 Å². The lowest BCUT2D eigenvalue weighted by Gasteiger charge is -2.18. The molecule has 11 heavy (non-hydrogen) atoms. The Bertz CT molecular complexity index is 149. The number of hydrogen-bond acceptors (Lipinski definition) is 4. The number of methoxy groups -OCH3 is 1. The molecule has 0 saturated heterocycles. The molecule has 64 valence electrons. The molecule has 1 heterocycles. The van der Waals surface area contributed by atoms with Crippen molar-refractivity contribution < 1.29 is 9.57 Å². The molecule has 0 amide bonds. The quantitative estimate of drug-likeness (QED) is 0.651. The fourth-order valence-electron chi connectivity index (χ4n) is 0.900. The van der Waals surface area contributed by atoms with Crippen molar-refractivity contribution >= 4 is 16.8 Å². The minimum Gasteiger partial charge on any atom is -0.394 e. The highest BCUT2D eigenvalue weighted by Crippen LogP contribution is 2.21. The lowest BCUT2D eigenvalue weighted by molar-refractivity contribution is 0.128. The van der Waals surface area contributed by atoms with E-state index >= 15 is 0 Å². The Morgan fingerprint density at radius 1 is 1.82 bits per heavy atom. The molecule has 0 saturated carbocycles. The highest BCUT2D eigenvalue weighted by molar-refractivity contribution is 8.14. The second-order valence-corrected chi connectivity index (χ2v) is 3.92. The average molecular weight is 175 g/mol. The first-order valence-electron chi connectivity index (χ1n) is 3.65. The van der Waals surface area contributed by atoms with Gasteiger partial charge in [-0.05, 0) is 13.3 Å². The molecule has 4 heteroatoms. The fraction of sp³-hybridized carbons (Fsp3) is 0.857. The van der Waals surface area contributed by atoms with Crippen molar-refractivity contribution in [3.63, 3.8) is 0 Å². The van der Waals surface area contributed by atoms with E-state index in [2.05, 4.69) is 5.16 Å². The van der Waals surface area contributed by atoms with Gasteiger partial charge < -0.3 is 9.57 Å². The number of ether oxygens (including phenoxy) is 1. The summed E-state index contributed by atoms with van der Waals surface area (Å²) in [6.07, 6.45) is 1.04. The molecule has 1 unspecified atom stereocenters. The van der Waals surface area contributed by atoms with Gasteiger partial charge in [-0.3, -0.25) is 0 Å². The molecule has 0 spiro atoms. The van der Waals surface area contributed by atoms with Gasteiger partial charge in [-0.15, -0.1) is 11.8 Å². The number of oxime groups is 1. The zero-order valence-electron chi connectivity index (χ0n) is 6.87. The summed E-state index contributed by atoms with van der Waals surface area (Å²) in [5, 5.41) is 5.36. The molecule has 1 rings (SSSR count). The van der Waals surface area contributed by atoms with Gasteiger partial charge >= 0.3 is 0 Å². The predicted octanol–water partition coefficient (Wildman–Crippen LogP) is 1.49. The number of thioether (sulfide) groups is 1. The molecule has 1 atom stereocenters. The second-order valence-electron chi connectivity index (χ2n) is 2.43. The standard InChI is InChI=1S/C7H13NO2S/c1-6-8-10-5-7(11-6)3-4-9-2/h7H,3-5H2,1-2H3. The summed E-state index contributed by atoms with van der Waals surface area (Å²) in [6, 6.07) is 0. The molecule has 0 aromatic heterocycles. The molecule has 0 N–H and O–H groups in total. The third-order valence-electron chi connectivity index (χ3n) is 1.43. The Balaban J connectivity index is 2.21. The van der Waals surface area contributed by atoms with Gasteiger partial charge in [0.1, 0.15) is 11.7 Å². The van der Waals surface area contributed by atoms with Crippen molar-refractivity contribution in [3.05, 3.63) is 0 Å². The Labute approximate surface area is 71.1 Å². The molecule has 0 aromatic carbocycles. The van der Waals surface area contributed by atoms with E-state index in [4.69, 9.17) is 9.57 Å². The van der Waals surface area contributed by atoms with Crippen LogP contribution in [0.2, 0.25) is 0 Å². The summed E-state index contributed by atoms with van der Waals surface area (Å²) in [6.45, 7) is 3.48. The van der Waals surface area contributed by atoms with Crippen molar-refractivity contribution in [1.82, 2.24) is 0 Å². The van der Waals surface area contributed by atoms with E-state index in [-0.39, 0.29) is 0 Å². The summed E-state index contributed by atoms with van der Waals surface area (Å²) in [4.78, 5) is 5.00. The van der Waals surface area contributed by atoms with Crippen molar-refractivity contribution in [1.29, 1.82) is 0 Å². The molecule has 0 aliphatic carbocycles. The molecule has 1 aliphatic heterocycles. The molecule has 0 bridgehead atoms. The lowest BCUT2D eigenvalue weighted by atomic mass is 10.3. The van der Waals surface area contributed by atoms with Gasteiger partial charge in [-0.2, -0.15) is 0 Å². The first-order chi connectivity index (χ1) is 5.33. The number of rotatable bonds is 3. The van der Waals surface area contributed by atoms with E-state index in [1.54, 1.807) is 18.9 Å². The molecule has 0 radical (unpaired) electrons. The minimum atomic E-state index is 0.521. The van der Waals surface area contributed by atoms with Gasteiger partial charge in [0.05, 0.1) is 0 Å². The fourth-order valence-corrected chi connectivity index (χ4v) is 1.82. The molecule has 0 aromatic rings. The third-order valence-corrected chi connectivity index (χ3v) is 2.56. The van der Waals surface area contributed by atoms with Crippen LogP contribution in [0.1, 0.15) is 13.3 Å². The summed E-state index contributed by atoms with van der Waals surface area (Å²) in [5.74, 6) is 0. The van der Waals surface area contributed by atoms with Crippen LogP contribution >= 0.6 is 11.8 Å². The van der Waals surface area contributed by atoms with Crippen LogP contribution in [0.25, 0.3) is 0 Å². The van der Waals surface area contributed by atoms with Crippen LogP contribution in [0, 0.1) is 0 Å². The lowest BCUT2D eigenvalue weighted by Crippen LogP contribution is -2.18. The Hall–Kier alpha value is -0.220. The zero-order valence-corrected chi connectivity index (χ0v) is 7.69. The van der Waals surface area contributed by atoms with E-state index < -0.39 is 0 Å². The molecular formula is C7H13NO2S. The average Bonchev–Trinajstić information content (AvgIpc) is 2.01. The topological polar surface area (TPSA) is 30.8 Å². The van der Waals surface area contributed by atoms with Gasteiger partial charge in [-0.1, -0.05) is 5.16 Å². The number of hydrogen-bond donors (Lipinski definition) is 0. The van der Waals surface area contributed by atoms with E-state index in [0.717, 1.165) is 18.1 Å².